The second-order valence-electron chi connectivity index (χ2n) is 25.4. The molecule has 1 fully saturated rings. The number of hydrogen-bond donors (Lipinski definition) is 0. The molecule has 15 nitrogen and oxygen atoms in total. The zero-order valence-corrected chi connectivity index (χ0v) is 54.9. The maximum Gasteiger partial charge on any atom is 0.314 e. The number of nitrogens with zero attached hydrogens (tertiary/aromatic N) is 6. The first-order chi connectivity index (χ1) is 41.6. The van der Waals surface area contributed by atoms with Crippen LogP contribution in [0.4, 0.5) is 5.82 Å². The minimum absolute atomic E-state index is 0.0111. The number of piperidine rings is 1. The van der Waals surface area contributed by atoms with E-state index in [1.807, 2.05) is 65.2 Å². The summed E-state index contributed by atoms with van der Waals surface area (Å²) in [5.41, 5.74) is 3.56. The molecule has 1 saturated heterocycles. The zero-order valence-electron chi connectivity index (χ0n) is 54.9. The van der Waals surface area contributed by atoms with Crippen LogP contribution >= 0.6 is 0 Å². The fourth-order valence-electron chi connectivity index (χ4n) is 12.1. The van der Waals surface area contributed by atoms with Crippen LogP contribution in [0.15, 0.2) is 30.7 Å². The number of fused-ring (bicyclic) bond motifs is 1. The quantitative estimate of drug-likeness (QED) is 0.0225. The Kier molecular flexibility index (Phi) is 36.6. The molecule has 3 aromatic rings. The second-order valence-corrected chi connectivity index (χ2v) is 25.4. The van der Waals surface area contributed by atoms with Gasteiger partial charge >= 0.3 is 23.9 Å². The summed E-state index contributed by atoms with van der Waals surface area (Å²) >= 11 is 0. The van der Waals surface area contributed by atoms with Crippen LogP contribution in [-0.2, 0) is 44.7 Å². The molecule has 2 unspecified atom stereocenters. The predicted octanol–water partition coefficient (Wildman–Crippen LogP) is 16.8. The number of hydrogen-bond acceptors (Lipinski definition) is 13. The van der Waals surface area contributed by atoms with Crippen molar-refractivity contribution in [3.05, 3.63) is 47.4 Å². The molecule has 482 valence electrons. The predicted molar refractivity (Wildman–Crippen MR) is 345 cm³/mol. The number of aromatic nitrogens is 3. The number of carbonyl (C=O) groups is 5. The molecule has 1 amide bonds. The van der Waals surface area contributed by atoms with Crippen molar-refractivity contribution < 1.29 is 42.9 Å². The Balaban J connectivity index is 1.19. The van der Waals surface area contributed by atoms with Gasteiger partial charge in [0.15, 0.2) is 6.10 Å². The van der Waals surface area contributed by atoms with Crippen molar-refractivity contribution in [1.29, 1.82) is 5.26 Å². The molecule has 86 heavy (non-hydrogen) atoms. The molecule has 1 aromatic carbocycles. The van der Waals surface area contributed by atoms with Gasteiger partial charge in [-0.15, -0.1) is 0 Å². The first-order valence-electron chi connectivity index (χ1n) is 34.1. The fourth-order valence-corrected chi connectivity index (χ4v) is 12.1. The Labute approximate surface area is 519 Å². The zero-order chi connectivity index (χ0) is 62.3. The first-order valence-corrected chi connectivity index (χ1v) is 34.1. The van der Waals surface area contributed by atoms with Crippen molar-refractivity contribution in [1.82, 2.24) is 19.4 Å². The molecule has 0 radical (unpaired) electrons. The van der Waals surface area contributed by atoms with Gasteiger partial charge in [0.1, 0.15) is 43.2 Å². The number of amides is 1. The summed E-state index contributed by atoms with van der Waals surface area (Å²) in [5.74, 6) is -0.133. The van der Waals surface area contributed by atoms with Gasteiger partial charge in [-0.25, -0.2) is 9.97 Å². The van der Waals surface area contributed by atoms with Gasteiger partial charge in [0.2, 0.25) is 5.91 Å². The Bertz CT molecular complexity index is 2400. The minimum Gasteiger partial charge on any atom is -0.462 e. The van der Waals surface area contributed by atoms with E-state index in [1.165, 1.54) is 128 Å². The maximum atomic E-state index is 13.5. The lowest BCUT2D eigenvalue weighted by Crippen LogP contribution is -2.52. The summed E-state index contributed by atoms with van der Waals surface area (Å²) in [4.78, 5) is 78.4. The van der Waals surface area contributed by atoms with E-state index >= 15 is 0 Å². The summed E-state index contributed by atoms with van der Waals surface area (Å²) in [7, 11) is 2.01. The van der Waals surface area contributed by atoms with Crippen LogP contribution in [-0.4, -0.2) is 94.7 Å². The highest BCUT2D eigenvalue weighted by molar-refractivity contribution is 5.88. The van der Waals surface area contributed by atoms with Crippen LogP contribution in [0.2, 0.25) is 0 Å². The van der Waals surface area contributed by atoms with E-state index in [2.05, 4.69) is 35.2 Å². The van der Waals surface area contributed by atoms with Gasteiger partial charge in [-0.05, 0) is 74.1 Å². The Morgan fingerprint density at radius 1 is 0.686 bits per heavy atom. The minimum atomic E-state index is -0.881. The average Bonchev–Trinajstić information content (AvgIpc) is 2.08. The van der Waals surface area contributed by atoms with E-state index in [0.29, 0.717) is 50.6 Å². The van der Waals surface area contributed by atoms with Gasteiger partial charge in [-0.2, -0.15) is 5.26 Å². The summed E-state index contributed by atoms with van der Waals surface area (Å²) in [6.07, 6.45) is 39.0. The number of rotatable bonds is 47. The molecule has 4 atom stereocenters. The van der Waals surface area contributed by atoms with Crippen molar-refractivity contribution in [3.8, 4) is 11.8 Å². The van der Waals surface area contributed by atoms with Crippen LogP contribution in [0, 0.1) is 42.9 Å². The molecule has 2 aromatic heterocycles. The highest BCUT2D eigenvalue weighted by Crippen LogP contribution is 2.32. The van der Waals surface area contributed by atoms with Crippen LogP contribution in [0.5, 0.6) is 5.75 Å². The topological polar surface area (TPSA) is 183 Å². The van der Waals surface area contributed by atoms with Crippen LogP contribution in [0.25, 0.3) is 11.0 Å². The SMILES string of the molecule is CCCCCCCCCCCCCCCC(=O)OCC(COC(=O)CCCCCCCCCCCCCCC)OC(=O)CC(C)CCCCC(C)C(=O)Oc1c(C)cc(Cn2ccc3c(N(C)[C@H]4CN(C(=O)CC#N)CC[C@H]4C)ncnc32)cc1C. The number of likely N-dealkylation sites (N-methyl/N-ethyl adjacent to an activating group) is 1. The lowest BCUT2D eigenvalue weighted by Gasteiger charge is -2.42. The molecule has 1 aliphatic heterocycles. The molecule has 0 aliphatic carbocycles. The number of esters is 4. The summed E-state index contributed by atoms with van der Waals surface area (Å²) in [6.45, 7) is 15.9. The van der Waals surface area contributed by atoms with Gasteiger partial charge in [-0.3, -0.25) is 24.0 Å². The third-order valence-electron chi connectivity index (χ3n) is 17.6. The van der Waals surface area contributed by atoms with E-state index < -0.39 is 12.1 Å². The number of unbranched alkanes of at least 4 members (excludes halogenated alkanes) is 25. The van der Waals surface area contributed by atoms with Crippen molar-refractivity contribution in [2.24, 2.45) is 17.8 Å². The second kappa shape index (κ2) is 43.2. The maximum absolute atomic E-state index is 13.5. The average molecular weight is 1200 g/mol. The Morgan fingerprint density at radius 2 is 1.19 bits per heavy atom. The first kappa shape index (κ1) is 73.0. The normalized spacial score (nSPS) is 14.9. The van der Waals surface area contributed by atoms with E-state index in [-0.39, 0.29) is 67.7 Å². The number of aryl methyl sites for hydroxylation is 2. The lowest BCUT2D eigenvalue weighted by molar-refractivity contribution is -0.167. The van der Waals surface area contributed by atoms with Gasteiger partial charge in [0.05, 0.1) is 23.4 Å². The lowest BCUT2D eigenvalue weighted by atomic mass is 9.92. The smallest absolute Gasteiger partial charge is 0.314 e. The summed E-state index contributed by atoms with van der Waals surface area (Å²) in [5, 5.41) is 10.0. The van der Waals surface area contributed by atoms with Gasteiger partial charge in [0.25, 0.3) is 0 Å². The number of benzene rings is 1. The third kappa shape index (κ3) is 28.5. The molecular formula is C71H114N6O9. The molecule has 0 bridgehead atoms. The standard InChI is InChI=1S/C71H114N6O9/c1-9-11-13-15-17-19-21-23-25-27-29-31-33-39-65(79)83-52-61(53-84-66(80)40-34-32-30-28-26-24-22-20-18-16-14-12-10-2)85-67(81)47-55(3)37-35-36-38-57(5)71(82)86-68-58(6)48-60(49-59(68)7)50-77-46-43-62-69(73-54-74-70(62)77)75(8)63-51-76(45-42-56(63)4)64(78)41-44-72/h43,46,48-49,54-57,61,63H,9-42,45,47,50-53H2,1-8H3/t55?,56-,57?,63+/m1/s1. The van der Waals surface area contributed by atoms with Crippen LogP contribution < -0.4 is 9.64 Å². The van der Waals surface area contributed by atoms with E-state index in [1.54, 1.807) is 11.2 Å². The molecule has 1 aliphatic rings. The number of carbonyl (C=O) groups excluding carboxylic acids is 5. The molecule has 0 N–H and O–H groups in total. The number of likely N-dealkylation sites (tertiary alicyclic amines) is 1. The van der Waals surface area contributed by atoms with E-state index in [4.69, 9.17) is 29.2 Å². The number of anilines is 1. The number of ether oxygens (including phenoxy) is 4. The van der Waals surface area contributed by atoms with E-state index in [9.17, 15) is 24.0 Å². The monoisotopic (exact) mass is 1190 g/mol. The van der Waals surface area contributed by atoms with Crippen molar-refractivity contribution in [3.63, 3.8) is 0 Å². The highest BCUT2D eigenvalue weighted by Gasteiger charge is 2.33. The summed E-state index contributed by atoms with van der Waals surface area (Å²) < 4.78 is 25.2. The van der Waals surface area contributed by atoms with Crippen molar-refractivity contribution in [2.45, 2.75) is 292 Å². The van der Waals surface area contributed by atoms with Crippen LogP contribution in [0.1, 0.15) is 276 Å². The Morgan fingerprint density at radius 3 is 1.70 bits per heavy atom. The van der Waals surface area contributed by atoms with Gasteiger partial charge in [-0.1, -0.05) is 220 Å². The molecule has 4 rings (SSSR count). The number of nitriles is 1. The highest BCUT2D eigenvalue weighted by atomic mass is 16.6. The van der Waals surface area contributed by atoms with Gasteiger partial charge < -0.3 is 33.3 Å². The summed E-state index contributed by atoms with van der Waals surface area (Å²) in [6, 6.07) is 8.15. The van der Waals surface area contributed by atoms with Crippen molar-refractivity contribution >= 4 is 46.6 Å². The van der Waals surface area contributed by atoms with Crippen molar-refractivity contribution in [2.75, 3.05) is 38.3 Å². The van der Waals surface area contributed by atoms with E-state index in [0.717, 1.165) is 97.7 Å². The molecular weight excluding hydrogens is 1080 g/mol. The van der Waals surface area contributed by atoms with Gasteiger partial charge in [0, 0.05) is 52.1 Å². The molecule has 3 heterocycles. The molecule has 15 heteroatoms. The largest absolute Gasteiger partial charge is 0.462 e. The fraction of sp³-hybridized carbons (Fsp3) is 0.746. The Hall–Kier alpha value is -5.52. The third-order valence-corrected chi connectivity index (χ3v) is 17.6. The van der Waals surface area contributed by atoms with Crippen LogP contribution in [0.3, 0.4) is 0 Å². The molecule has 0 saturated carbocycles. The molecule has 0 spiro atoms.